The van der Waals surface area contributed by atoms with Crippen LogP contribution in [0.4, 0.5) is 0 Å². The van der Waals surface area contributed by atoms with Crippen molar-refractivity contribution in [1.29, 1.82) is 0 Å². The molecular weight excluding hydrogens is 320 g/mol. The highest BCUT2D eigenvalue weighted by Gasteiger charge is 2.36. The molecule has 0 spiro atoms. The Hall–Kier alpha value is -1.35. The van der Waals surface area contributed by atoms with E-state index in [-0.39, 0.29) is 6.04 Å². The molecule has 1 aliphatic rings. The summed E-state index contributed by atoms with van der Waals surface area (Å²) in [5.41, 5.74) is 1.48. The lowest BCUT2D eigenvalue weighted by atomic mass is 10.1. The summed E-state index contributed by atoms with van der Waals surface area (Å²) in [6.07, 6.45) is 3.42. The lowest BCUT2D eigenvalue weighted by Gasteiger charge is -2.34. The quantitative estimate of drug-likeness (QED) is 0.918. The van der Waals surface area contributed by atoms with E-state index >= 15 is 0 Å². The van der Waals surface area contributed by atoms with E-state index in [0.717, 1.165) is 10.6 Å². The molecular formula is C14H18N4O2S2. The fourth-order valence-corrected chi connectivity index (χ4v) is 5.90. The van der Waals surface area contributed by atoms with Crippen LogP contribution in [-0.4, -0.2) is 42.3 Å². The first-order valence-electron chi connectivity index (χ1n) is 7.06. The number of piperazine rings is 1. The summed E-state index contributed by atoms with van der Waals surface area (Å²) in [4.78, 5) is 8.37. The van der Waals surface area contributed by atoms with Gasteiger partial charge in [0.2, 0.25) is 0 Å². The summed E-state index contributed by atoms with van der Waals surface area (Å²) >= 11 is 1.24. The summed E-state index contributed by atoms with van der Waals surface area (Å²) in [5, 5.41) is 4.03. The number of nitrogens with zero attached hydrogens (tertiary/aromatic N) is 3. The third-order valence-corrected chi connectivity index (χ3v) is 7.24. The maximum atomic E-state index is 13.1. The molecule has 118 valence electrons. The van der Waals surface area contributed by atoms with Crippen molar-refractivity contribution >= 4 is 21.4 Å². The lowest BCUT2D eigenvalue weighted by molar-refractivity contribution is 0.271. The number of nitrogens with one attached hydrogen (secondary N) is 1. The van der Waals surface area contributed by atoms with Crippen LogP contribution in [0.2, 0.25) is 0 Å². The van der Waals surface area contributed by atoms with Crippen LogP contribution in [0.25, 0.3) is 0 Å². The van der Waals surface area contributed by atoms with Crippen LogP contribution in [0.1, 0.15) is 22.3 Å². The SMILES string of the molecule is Cc1nc(C)c(S(=O)(=O)N2CCNCC2c2cccnc2)s1. The second kappa shape index (κ2) is 6.04. The van der Waals surface area contributed by atoms with Crippen molar-refractivity contribution in [2.75, 3.05) is 19.6 Å². The van der Waals surface area contributed by atoms with E-state index in [2.05, 4.69) is 15.3 Å². The van der Waals surface area contributed by atoms with Gasteiger partial charge in [-0.1, -0.05) is 6.07 Å². The number of hydrogen-bond acceptors (Lipinski definition) is 6. The number of aromatic nitrogens is 2. The lowest BCUT2D eigenvalue weighted by Crippen LogP contribution is -2.48. The first-order chi connectivity index (χ1) is 10.5. The third kappa shape index (κ3) is 2.79. The maximum Gasteiger partial charge on any atom is 0.255 e. The molecule has 1 N–H and O–H groups in total. The van der Waals surface area contributed by atoms with Crippen molar-refractivity contribution in [2.45, 2.75) is 24.1 Å². The van der Waals surface area contributed by atoms with Gasteiger partial charge in [0.05, 0.1) is 16.7 Å². The number of pyridine rings is 1. The second-order valence-electron chi connectivity index (χ2n) is 5.23. The van der Waals surface area contributed by atoms with Crippen molar-refractivity contribution in [2.24, 2.45) is 0 Å². The molecule has 8 heteroatoms. The minimum absolute atomic E-state index is 0.241. The van der Waals surface area contributed by atoms with E-state index in [1.54, 1.807) is 23.6 Å². The first-order valence-corrected chi connectivity index (χ1v) is 9.32. The van der Waals surface area contributed by atoms with Gasteiger partial charge in [-0.15, -0.1) is 11.3 Å². The van der Waals surface area contributed by atoms with E-state index in [1.165, 1.54) is 11.3 Å². The molecule has 0 bridgehead atoms. The van der Waals surface area contributed by atoms with Gasteiger partial charge in [-0.2, -0.15) is 4.31 Å². The molecule has 0 aliphatic carbocycles. The number of hydrogen-bond donors (Lipinski definition) is 1. The molecule has 0 aromatic carbocycles. The Morgan fingerprint density at radius 2 is 2.23 bits per heavy atom. The van der Waals surface area contributed by atoms with Crippen molar-refractivity contribution in [3.63, 3.8) is 0 Å². The molecule has 6 nitrogen and oxygen atoms in total. The molecule has 3 rings (SSSR count). The van der Waals surface area contributed by atoms with Gasteiger partial charge in [0.1, 0.15) is 0 Å². The highest BCUT2D eigenvalue weighted by Crippen LogP contribution is 2.32. The minimum Gasteiger partial charge on any atom is -0.313 e. The average molecular weight is 338 g/mol. The van der Waals surface area contributed by atoms with Crippen molar-refractivity contribution < 1.29 is 8.42 Å². The molecule has 0 radical (unpaired) electrons. The predicted molar refractivity (Wildman–Crippen MR) is 85.3 cm³/mol. The average Bonchev–Trinajstić information content (AvgIpc) is 2.87. The van der Waals surface area contributed by atoms with Crippen LogP contribution >= 0.6 is 11.3 Å². The van der Waals surface area contributed by atoms with Gasteiger partial charge in [0.25, 0.3) is 10.0 Å². The molecule has 3 heterocycles. The zero-order valence-electron chi connectivity index (χ0n) is 12.5. The first kappa shape index (κ1) is 15.5. The van der Waals surface area contributed by atoms with Crippen LogP contribution < -0.4 is 5.32 Å². The fraction of sp³-hybridized carbons (Fsp3) is 0.429. The molecule has 1 unspecified atom stereocenters. The highest BCUT2D eigenvalue weighted by molar-refractivity contribution is 7.91. The smallest absolute Gasteiger partial charge is 0.255 e. The Balaban J connectivity index is 2.02. The molecule has 2 aromatic rings. The van der Waals surface area contributed by atoms with E-state index in [4.69, 9.17) is 0 Å². The van der Waals surface area contributed by atoms with Crippen molar-refractivity contribution in [3.8, 4) is 0 Å². The molecule has 0 amide bonds. The second-order valence-corrected chi connectivity index (χ2v) is 8.52. The maximum absolute atomic E-state index is 13.1. The minimum atomic E-state index is -3.55. The molecule has 22 heavy (non-hydrogen) atoms. The van der Waals surface area contributed by atoms with E-state index in [1.807, 2.05) is 19.1 Å². The van der Waals surface area contributed by atoms with E-state index in [0.29, 0.717) is 29.5 Å². The topological polar surface area (TPSA) is 75.2 Å². The Bertz CT molecular complexity index is 758. The summed E-state index contributed by atoms with van der Waals surface area (Å²) in [6, 6.07) is 3.50. The zero-order valence-corrected chi connectivity index (χ0v) is 14.1. The van der Waals surface area contributed by atoms with Gasteiger partial charge < -0.3 is 5.32 Å². The van der Waals surface area contributed by atoms with Gasteiger partial charge >= 0.3 is 0 Å². The molecule has 1 saturated heterocycles. The van der Waals surface area contributed by atoms with Gasteiger partial charge in [-0.05, 0) is 25.5 Å². The monoisotopic (exact) mass is 338 g/mol. The Kier molecular flexibility index (Phi) is 4.26. The summed E-state index contributed by atoms with van der Waals surface area (Å²) in [5.74, 6) is 0. The van der Waals surface area contributed by atoms with Crippen LogP contribution in [-0.2, 0) is 10.0 Å². The Labute approximate surface area is 134 Å². The number of aryl methyl sites for hydroxylation is 2. The van der Waals surface area contributed by atoms with E-state index in [9.17, 15) is 8.42 Å². The normalized spacial score (nSPS) is 20.2. The van der Waals surface area contributed by atoms with Crippen LogP contribution in [0, 0.1) is 13.8 Å². The fourth-order valence-electron chi connectivity index (χ4n) is 2.69. The van der Waals surface area contributed by atoms with Crippen molar-refractivity contribution in [3.05, 3.63) is 40.8 Å². The molecule has 1 atom stereocenters. The summed E-state index contributed by atoms with van der Waals surface area (Å²) in [6.45, 7) is 5.25. The number of rotatable bonds is 3. The van der Waals surface area contributed by atoms with E-state index < -0.39 is 10.0 Å². The summed E-state index contributed by atoms with van der Waals surface area (Å²) < 4.78 is 28.0. The molecule has 2 aromatic heterocycles. The Morgan fingerprint density at radius 3 is 2.86 bits per heavy atom. The van der Waals surface area contributed by atoms with Crippen molar-refractivity contribution in [1.82, 2.24) is 19.6 Å². The van der Waals surface area contributed by atoms with Gasteiger partial charge in [-0.3, -0.25) is 4.98 Å². The standard InChI is InChI=1S/C14H18N4O2S2/c1-10-14(21-11(2)17-10)22(19,20)18-7-6-16-9-13(18)12-4-3-5-15-8-12/h3-5,8,13,16H,6-7,9H2,1-2H3. The predicted octanol–water partition coefficient (Wildman–Crippen LogP) is 1.49. The van der Waals surface area contributed by atoms with Gasteiger partial charge in [0.15, 0.2) is 4.21 Å². The highest BCUT2D eigenvalue weighted by atomic mass is 32.2. The molecule has 0 saturated carbocycles. The Morgan fingerprint density at radius 1 is 1.41 bits per heavy atom. The van der Waals surface area contributed by atoms with Gasteiger partial charge in [0, 0.05) is 32.0 Å². The molecule has 1 aliphatic heterocycles. The number of sulfonamides is 1. The molecule has 1 fully saturated rings. The van der Waals surface area contributed by atoms with Crippen LogP contribution in [0.3, 0.4) is 0 Å². The van der Waals surface area contributed by atoms with Crippen LogP contribution in [0.15, 0.2) is 28.7 Å². The van der Waals surface area contributed by atoms with Crippen LogP contribution in [0.5, 0.6) is 0 Å². The number of thiazole rings is 1. The largest absolute Gasteiger partial charge is 0.313 e. The third-order valence-electron chi connectivity index (χ3n) is 3.67. The summed E-state index contributed by atoms with van der Waals surface area (Å²) in [7, 11) is -3.55. The zero-order chi connectivity index (χ0) is 15.7. The van der Waals surface area contributed by atoms with Gasteiger partial charge in [-0.25, -0.2) is 13.4 Å².